The maximum absolute atomic E-state index is 6.16. The van der Waals surface area contributed by atoms with Gasteiger partial charge in [0.2, 0.25) is 0 Å². The summed E-state index contributed by atoms with van der Waals surface area (Å²) in [5, 5.41) is 0.607. The highest BCUT2D eigenvalue weighted by Crippen LogP contribution is 2.26. The summed E-state index contributed by atoms with van der Waals surface area (Å²) in [6, 6.07) is 0. The molecule has 0 aliphatic carbocycles. The summed E-state index contributed by atoms with van der Waals surface area (Å²) in [6.07, 6.45) is 3.06. The van der Waals surface area contributed by atoms with Gasteiger partial charge >= 0.3 is 0 Å². The van der Waals surface area contributed by atoms with Crippen LogP contribution in [0.3, 0.4) is 0 Å². The van der Waals surface area contributed by atoms with Crippen LogP contribution in [0.1, 0.15) is 42.8 Å². The van der Waals surface area contributed by atoms with E-state index in [-0.39, 0.29) is 0 Å². The SMILES string of the molecule is CCc1c(C)nc(C2CCCOC2)nc1Cl. The number of aromatic nitrogens is 2. The van der Waals surface area contributed by atoms with E-state index >= 15 is 0 Å². The molecule has 0 spiro atoms. The third kappa shape index (κ3) is 2.36. The third-order valence-electron chi connectivity index (χ3n) is 3.06. The molecule has 0 saturated carbocycles. The van der Waals surface area contributed by atoms with E-state index in [9.17, 15) is 0 Å². The monoisotopic (exact) mass is 240 g/mol. The van der Waals surface area contributed by atoms with E-state index in [1.807, 2.05) is 6.92 Å². The number of halogens is 1. The Bertz CT molecular complexity index is 352. The van der Waals surface area contributed by atoms with Gasteiger partial charge in [0.05, 0.1) is 6.61 Å². The molecule has 88 valence electrons. The van der Waals surface area contributed by atoms with Crippen molar-refractivity contribution in [2.45, 2.75) is 39.0 Å². The molecule has 16 heavy (non-hydrogen) atoms. The van der Waals surface area contributed by atoms with Gasteiger partial charge in [-0.1, -0.05) is 18.5 Å². The lowest BCUT2D eigenvalue weighted by Gasteiger charge is -2.21. The second kappa shape index (κ2) is 5.11. The van der Waals surface area contributed by atoms with Gasteiger partial charge in [0.25, 0.3) is 0 Å². The molecular weight excluding hydrogens is 224 g/mol. The van der Waals surface area contributed by atoms with Crippen LogP contribution in [-0.2, 0) is 11.2 Å². The molecule has 0 radical (unpaired) electrons. The standard InChI is InChI=1S/C12H17ClN2O/c1-3-10-8(2)14-12(15-11(10)13)9-5-4-6-16-7-9/h9H,3-7H2,1-2H3. The van der Waals surface area contributed by atoms with Crippen molar-refractivity contribution in [3.63, 3.8) is 0 Å². The van der Waals surface area contributed by atoms with E-state index in [1.165, 1.54) is 0 Å². The fourth-order valence-electron chi connectivity index (χ4n) is 2.11. The minimum absolute atomic E-state index is 0.316. The van der Waals surface area contributed by atoms with Gasteiger partial charge in [-0.2, -0.15) is 0 Å². The number of ether oxygens (including phenoxy) is 1. The van der Waals surface area contributed by atoms with Crippen molar-refractivity contribution in [1.29, 1.82) is 0 Å². The van der Waals surface area contributed by atoms with Crippen LogP contribution >= 0.6 is 11.6 Å². The third-order valence-corrected chi connectivity index (χ3v) is 3.37. The molecule has 0 N–H and O–H groups in total. The summed E-state index contributed by atoms with van der Waals surface area (Å²) < 4.78 is 5.45. The van der Waals surface area contributed by atoms with Crippen LogP contribution in [0.2, 0.25) is 5.15 Å². The molecule has 0 aromatic carbocycles. The van der Waals surface area contributed by atoms with Crippen molar-refractivity contribution in [3.05, 3.63) is 22.2 Å². The fraction of sp³-hybridized carbons (Fsp3) is 0.667. The highest BCUT2D eigenvalue weighted by Gasteiger charge is 2.20. The summed E-state index contributed by atoms with van der Waals surface area (Å²) in [6.45, 7) is 5.65. The Hall–Kier alpha value is -0.670. The lowest BCUT2D eigenvalue weighted by Crippen LogP contribution is -2.18. The summed E-state index contributed by atoms with van der Waals surface area (Å²) in [5.74, 6) is 1.16. The van der Waals surface area contributed by atoms with Gasteiger partial charge in [0, 0.05) is 23.8 Å². The normalized spacial score (nSPS) is 21.1. The molecule has 3 nitrogen and oxygen atoms in total. The molecule has 1 atom stereocenters. The lowest BCUT2D eigenvalue weighted by molar-refractivity contribution is 0.0780. The molecule has 2 rings (SSSR count). The number of hydrogen-bond donors (Lipinski definition) is 0. The van der Waals surface area contributed by atoms with Crippen molar-refractivity contribution in [2.75, 3.05) is 13.2 Å². The Balaban J connectivity index is 2.28. The molecule has 0 bridgehead atoms. The molecule has 0 amide bonds. The molecule has 1 aliphatic heterocycles. The van der Waals surface area contributed by atoms with Gasteiger partial charge in [-0.3, -0.25) is 0 Å². The summed E-state index contributed by atoms with van der Waals surface area (Å²) >= 11 is 6.16. The zero-order valence-corrected chi connectivity index (χ0v) is 10.5. The van der Waals surface area contributed by atoms with Crippen molar-refractivity contribution in [2.24, 2.45) is 0 Å². The van der Waals surface area contributed by atoms with Gasteiger partial charge in [-0.15, -0.1) is 0 Å². The highest BCUT2D eigenvalue weighted by atomic mass is 35.5. The molecule has 1 fully saturated rings. The molecule has 1 aromatic rings. The first-order valence-corrected chi connectivity index (χ1v) is 6.20. The molecule has 1 aliphatic rings. The Kier molecular flexibility index (Phi) is 3.77. The zero-order valence-electron chi connectivity index (χ0n) is 9.79. The van der Waals surface area contributed by atoms with Crippen LogP contribution in [-0.4, -0.2) is 23.2 Å². The molecule has 1 unspecified atom stereocenters. The van der Waals surface area contributed by atoms with Crippen LogP contribution in [0.4, 0.5) is 0 Å². The summed E-state index contributed by atoms with van der Waals surface area (Å²) in [7, 11) is 0. The Morgan fingerprint density at radius 2 is 2.25 bits per heavy atom. The summed E-state index contributed by atoms with van der Waals surface area (Å²) in [4.78, 5) is 8.96. The molecule has 4 heteroatoms. The zero-order chi connectivity index (χ0) is 11.5. The predicted molar refractivity (Wildman–Crippen MR) is 64.0 cm³/mol. The lowest BCUT2D eigenvalue weighted by atomic mass is 10.0. The Morgan fingerprint density at radius 3 is 2.81 bits per heavy atom. The van der Waals surface area contributed by atoms with E-state index < -0.39 is 0 Å². The highest BCUT2D eigenvalue weighted by molar-refractivity contribution is 6.30. The van der Waals surface area contributed by atoms with Gasteiger partial charge in [-0.25, -0.2) is 9.97 Å². The molecular formula is C12H17ClN2O. The fourth-order valence-corrected chi connectivity index (χ4v) is 2.47. The predicted octanol–water partition coefficient (Wildman–Crippen LogP) is 2.89. The Morgan fingerprint density at radius 1 is 1.44 bits per heavy atom. The second-order valence-corrected chi connectivity index (χ2v) is 4.56. The topological polar surface area (TPSA) is 35.0 Å². The van der Waals surface area contributed by atoms with Crippen LogP contribution in [0.5, 0.6) is 0 Å². The number of aryl methyl sites for hydroxylation is 1. The first-order valence-electron chi connectivity index (χ1n) is 5.83. The molecule has 1 saturated heterocycles. The van der Waals surface area contributed by atoms with Crippen molar-refractivity contribution < 1.29 is 4.74 Å². The van der Waals surface area contributed by atoms with Crippen LogP contribution in [0, 0.1) is 6.92 Å². The van der Waals surface area contributed by atoms with E-state index in [2.05, 4.69) is 16.9 Å². The number of nitrogens with zero attached hydrogens (tertiary/aromatic N) is 2. The van der Waals surface area contributed by atoms with Gasteiger partial charge in [0.15, 0.2) is 0 Å². The quantitative estimate of drug-likeness (QED) is 0.746. The maximum Gasteiger partial charge on any atom is 0.136 e. The Labute approximate surface area is 101 Å². The van der Waals surface area contributed by atoms with Crippen LogP contribution < -0.4 is 0 Å². The molecule has 2 heterocycles. The van der Waals surface area contributed by atoms with E-state index in [0.717, 1.165) is 49.6 Å². The summed E-state index contributed by atoms with van der Waals surface area (Å²) in [5.41, 5.74) is 2.06. The van der Waals surface area contributed by atoms with E-state index in [1.54, 1.807) is 0 Å². The first-order chi connectivity index (χ1) is 7.72. The van der Waals surface area contributed by atoms with Gasteiger partial charge < -0.3 is 4.74 Å². The second-order valence-electron chi connectivity index (χ2n) is 4.20. The van der Waals surface area contributed by atoms with Crippen molar-refractivity contribution >= 4 is 11.6 Å². The van der Waals surface area contributed by atoms with Crippen molar-refractivity contribution in [3.8, 4) is 0 Å². The number of hydrogen-bond acceptors (Lipinski definition) is 3. The first kappa shape index (κ1) is 11.8. The average molecular weight is 241 g/mol. The van der Waals surface area contributed by atoms with E-state index in [4.69, 9.17) is 16.3 Å². The van der Waals surface area contributed by atoms with Crippen molar-refractivity contribution in [1.82, 2.24) is 9.97 Å². The van der Waals surface area contributed by atoms with Gasteiger partial charge in [-0.05, 0) is 26.2 Å². The molecule has 1 aromatic heterocycles. The minimum atomic E-state index is 0.316. The smallest absolute Gasteiger partial charge is 0.136 e. The number of rotatable bonds is 2. The van der Waals surface area contributed by atoms with Gasteiger partial charge in [0.1, 0.15) is 11.0 Å². The van der Waals surface area contributed by atoms with Crippen LogP contribution in [0.25, 0.3) is 0 Å². The maximum atomic E-state index is 6.16. The largest absolute Gasteiger partial charge is 0.381 e. The van der Waals surface area contributed by atoms with Crippen LogP contribution in [0.15, 0.2) is 0 Å². The van der Waals surface area contributed by atoms with E-state index in [0.29, 0.717) is 11.1 Å². The minimum Gasteiger partial charge on any atom is -0.381 e. The average Bonchev–Trinajstić information content (AvgIpc) is 2.30.